The van der Waals surface area contributed by atoms with Crippen LogP contribution in [0.2, 0.25) is 0 Å². The zero-order valence-electron chi connectivity index (χ0n) is 20.5. The molecule has 37 heavy (non-hydrogen) atoms. The maximum atomic E-state index is 13.9. The van der Waals surface area contributed by atoms with Crippen LogP contribution in [0.25, 0.3) is 0 Å². The Morgan fingerprint density at radius 1 is 1.05 bits per heavy atom. The van der Waals surface area contributed by atoms with Gasteiger partial charge in [-0.2, -0.15) is 13.2 Å². The monoisotopic (exact) mass is 514 g/mol. The van der Waals surface area contributed by atoms with E-state index in [1.807, 2.05) is 4.90 Å². The molecule has 1 aliphatic rings. The molecule has 196 valence electrons. The highest BCUT2D eigenvalue weighted by Gasteiger charge is 2.34. The summed E-state index contributed by atoms with van der Waals surface area (Å²) in [6.07, 6.45) is -1.66. The third-order valence-corrected chi connectivity index (χ3v) is 6.19. The van der Waals surface area contributed by atoms with Crippen LogP contribution in [0.3, 0.4) is 0 Å². The lowest BCUT2D eigenvalue weighted by Crippen LogP contribution is -2.45. The molecule has 0 atom stereocenters. The van der Waals surface area contributed by atoms with E-state index in [9.17, 15) is 18.0 Å². The average molecular weight is 515 g/mol. The van der Waals surface area contributed by atoms with Crippen molar-refractivity contribution in [3.8, 4) is 5.75 Å². The van der Waals surface area contributed by atoms with Gasteiger partial charge in [-0.25, -0.2) is 4.98 Å². The standard InChI is InChI=1S/C26H29F3N6O2/c1-2-34-8-10-35(11-9-34)16-19-7-6-18(12-23(19)26(27,28)29)25(36)33-20-4-3-5-22(13-20)37-17-21-14-32-24(30)15-31-21/h3-7,12-15H,2,8-11,16-17H2,1H3,(H2,30,32)(H,33,36). The van der Waals surface area contributed by atoms with Gasteiger partial charge in [0.2, 0.25) is 0 Å². The molecule has 1 aromatic heterocycles. The Bertz CT molecular complexity index is 1210. The molecule has 0 spiro atoms. The number of rotatable bonds is 8. The Kier molecular flexibility index (Phi) is 8.24. The van der Waals surface area contributed by atoms with Crippen molar-refractivity contribution in [1.82, 2.24) is 19.8 Å². The lowest BCUT2D eigenvalue weighted by atomic mass is 10.0. The topological polar surface area (TPSA) is 96.6 Å². The van der Waals surface area contributed by atoms with Gasteiger partial charge >= 0.3 is 6.18 Å². The van der Waals surface area contributed by atoms with E-state index in [0.29, 0.717) is 36.0 Å². The molecular formula is C26H29F3N6O2. The second kappa shape index (κ2) is 11.6. The van der Waals surface area contributed by atoms with Crippen molar-refractivity contribution >= 4 is 17.4 Å². The molecule has 0 aliphatic carbocycles. The number of alkyl halides is 3. The van der Waals surface area contributed by atoms with Gasteiger partial charge < -0.3 is 20.7 Å². The number of benzene rings is 2. The number of nitrogens with two attached hydrogens (primary N) is 1. The van der Waals surface area contributed by atoms with Gasteiger partial charge in [0, 0.05) is 50.0 Å². The molecule has 1 amide bonds. The summed E-state index contributed by atoms with van der Waals surface area (Å²) in [5.41, 5.74) is 5.77. The maximum absolute atomic E-state index is 13.9. The number of hydrogen-bond donors (Lipinski definition) is 2. The smallest absolute Gasteiger partial charge is 0.416 e. The molecule has 4 rings (SSSR count). The van der Waals surface area contributed by atoms with Crippen molar-refractivity contribution in [2.75, 3.05) is 43.8 Å². The van der Waals surface area contributed by atoms with Crippen LogP contribution >= 0.6 is 0 Å². The van der Waals surface area contributed by atoms with Gasteiger partial charge in [0.05, 0.1) is 23.7 Å². The van der Waals surface area contributed by atoms with Crippen LogP contribution in [-0.4, -0.2) is 58.4 Å². The first-order valence-corrected chi connectivity index (χ1v) is 12.0. The predicted molar refractivity (Wildman–Crippen MR) is 134 cm³/mol. The number of carbonyl (C=O) groups excluding carboxylic acids is 1. The van der Waals surface area contributed by atoms with Gasteiger partial charge in [-0.15, -0.1) is 0 Å². The van der Waals surface area contributed by atoms with Crippen molar-refractivity contribution in [3.63, 3.8) is 0 Å². The molecule has 3 aromatic rings. The largest absolute Gasteiger partial charge is 0.487 e. The van der Waals surface area contributed by atoms with E-state index < -0.39 is 17.6 Å². The molecule has 8 nitrogen and oxygen atoms in total. The van der Waals surface area contributed by atoms with Crippen molar-refractivity contribution in [2.24, 2.45) is 0 Å². The minimum Gasteiger partial charge on any atom is -0.487 e. The highest BCUT2D eigenvalue weighted by atomic mass is 19.4. The lowest BCUT2D eigenvalue weighted by molar-refractivity contribution is -0.138. The summed E-state index contributed by atoms with van der Waals surface area (Å²) >= 11 is 0. The SMILES string of the molecule is CCN1CCN(Cc2ccc(C(=O)Nc3cccc(OCc4cnc(N)cn4)c3)cc2C(F)(F)F)CC1. The number of ether oxygens (including phenoxy) is 1. The van der Waals surface area contributed by atoms with Crippen molar-refractivity contribution < 1.29 is 22.7 Å². The lowest BCUT2D eigenvalue weighted by Gasteiger charge is -2.34. The van der Waals surface area contributed by atoms with E-state index in [-0.39, 0.29) is 24.3 Å². The second-order valence-electron chi connectivity index (χ2n) is 8.78. The highest BCUT2D eigenvalue weighted by Crippen LogP contribution is 2.34. The van der Waals surface area contributed by atoms with Crippen LogP contribution in [0.1, 0.15) is 34.1 Å². The number of likely N-dealkylation sites (N-methyl/N-ethyl adjacent to an activating group) is 1. The maximum Gasteiger partial charge on any atom is 0.416 e. The summed E-state index contributed by atoms with van der Waals surface area (Å²) in [5, 5.41) is 2.65. The number of nitrogen functional groups attached to an aromatic ring is 1. The van der Waals surface area contributed by atoms with Crippen LogP contribution < -0.4 is 15.8 Å². The quantitative estimate of drug-likeness (QED) is 0.468. The van der Waals surface area contributed by atoms with Crippen molar-refractivity contribution in [2.45, 2.75) is 26.3 Å². The summed E-state index contributed by atoms with van der Waals surface area (Å²) in [4.78, 5) is 25.1. The normalized spacial score (nSPS) is 14.9. The number of aromatic nitrogens is 2. The number of anilines is 2. The van der Waals surface area contributed by atoms with E-state index >= 15 is 0 Å². The van der Waals surface area contributed by atoms with Crippen molar-refractivity contribution in [1.29, 1.82) is 0 Å². The molecule has 11 heteroatoms. The van der Waals surface area contributed by atoms with Gasteiger partial charge in [-0.3, -0.25) is 14.7 Å². The van der Waals surface area contributed by atoms with Gasteiger partial charge in [-0.1, -0.05) is 19.1 Å². The van der Waals surface area contributed by atoms with E-state index in [1.165, 1.54) is 24.5 Å². The summed E-state index contributed by atoms with van der Waals surface area (Å²) in [6, 6.07) is 10.3. The fourth-order valence-corrected chi connectivity index (χ4v) is 4.09. The Morgan fingerprint density at radius 3 is 2.49 bits per heavy atom. The molecule has 0 unspecified atom stereocenters. The summed E-state index contributed by atoms with van der Waals surface area (Å²) in [5.74, 6) is 0.103. The van der Waals surface area contributed by atoms with Gasteiger partial charge in [0.15, 0.2) is 0 Å². The van der Waals surface area contributed by atoms with E-state index in [4.69, 9.17) is 10.5 Å². The Hall–Kier alpha value is -3.70. The molecule has 2 aromatic carbocycles. The summed E-state index contributed by atoms with van der Waals surface area (Å²) in [7, 11) is 0. The zero-order chi connectivity index (χ0) is 26.4. The third kappa shape index (κ3) is 7.17. The average Bonchev–Trinajstić information content (AvgIpc) is 2.88. The summed E-state index contributed by atoms with van der Waals surface area (Å²) in [6.45, 7) is 6.38. The summed E-state index contributed by atoms with van der Waals surface area (Å²) < 4.78 is 47.4. The molecule has 3 N–H and O–H groups in total. The number of halogens is 3. The Balaban J connectivity index is 1.43. The molecule has 0 saturated carbocycles. The van der Waals surface area contributed by atoms with Crippen LogP contribution in [-0.2, 0) is 19.3 Å². The number of nitrogens with zero attached hydrogens (tertiary/aromatic N) is 4. The van der Waals surface area contributed by atoms with Gasteiger partial charge in [-0.05, 0) is 36.4 Å². The predicted octanol–water partition coefficient (Wildman–Crippen LogP) is 4.05. The fourth-order valence-electron chi connectivity index (χ4n) is 4.09. The fraction of sp³-hybridized carbons (Fsp3) is 0.346. The molecule has 0 radical (unpaired) electrons. The minimum absolute atomic E-state index is 0.0738. The van der Waals surface area contributed by atoms with Crippen LogP contribution in [0.4, 0.5) is 24.7 Å². The molecule has 1 fully saturated rings. The molecular weight excluding hydrogens is 485 g/mol. The molecule has 1 aliphatic heterocycles. The number of piperazine rings is 1. The molecule has 2 heterocycles. The van der Waals surface area contributed by atoms with Gasteiger partial charge in [0.1, 0.15) is 18.2 Å². The Labute approximate surface area is 213 Å². The number of nitrogens with one attached hydrogen (secondary N) is 1. The molecule has 0 bridgehead atoms. The second-order valence-corrected chi connectivity index (χ2v) is 8.78. The third-order valence-electron chi connectivity index (χ3n) is 6.19. The zero-order valence-corrected chi connectivity index (χ0v) is 20.5. The molecule has 1 saturated heterocycles. The van der Waals surface area contributed by atoms with Crippen LogP contribution in [0.5, 0.6) is 5.75 Å². The Morgan fingerprint density at radius 2 is 1.81 bits per heavy atom. The van der Waals surface area contributed by atoms with Gasteiger partial charge in [0.25, 0.3) is 5.91 Å². The van der Waals surface area contributed by atoms with Crippen LogP contribution in [0, 0.1) is 0 Å². The van der Waals surface area contributed by atoms with Crippen LogP contribution in [0.15, 0.2) is 54.9 Å². The number of hydrogen-bond acceptors (Lipinski definition) is 7. The van der Waals surface area contributed by atoms with Crippen molar-refractivity contribution in [3.05, 3.63) is 77.2 Å². The van der Waals surface area contributed by atoms with E-state index in [0.717, 1.165) is 25.7 Å². The number of carbonyl (C=O) groups is 1. The minimum atomic E-state index is -4.57. The first kappa shape index (κ1) is 26.4. The number of amides is 1. The first-order chi connectivity index (χ1) is 17.7. The highest BCUT2D eigenvalue weighted by molar-refractivity contribution is 6.04. The van der Waals surface area contributed by atoms with E-state index in [1.54, 1.807) is 24.3 Å². The van der Waals surface area contributed by atoms with E-state index in [2.05, 4.69) is 27.1 Å². The first-order valence-electron chi connectivity index (χ1n) is 12.0.